The lowest BCUT2D eigenvalue weighted by Gasteiger charge is -2.36. The fourth-order valence-corrected chi connectivity index (χ4v) is 4.42. The number of carbonyl (C=O) groups excluding carboxylic acids is 1. The van der Waals surface area contributed by atoms with Crippen LogP contribution in [0.5, 0.6) is 0 Å². The average Bonchev–Trinajstić information content (AvgIpc) is 2.81. The van der Waals surface area contributed by atoms with Gasteiger partial charge in [0.1, 0.15) is 11.6 Å². The number of amides is 1. The molecule has 1 amide bonds. The molecule has 0 unspecified atom stereocenters. The van der Waals surface area contributed by atoms with Crippen molar-refractivity contribution in [3.05, 3.63) is 86.8 Å². The predicted molar refractivity (Wildman–Crippen MR) is 130 cm³/mol. The lowest BCUT2D eigenvalue weighted by Crippen LogP contribution is -2.49. The van der Waals surface area contributed by atoms with Gasteiger partial charge in [0.25, 0.3) is 5.91 Å². The molecule has 4 rings (SSSR count). The zero-order chi connectivity index (χ0) is 22.7. The molecule has 7 heteroatoms. The molecule has 0 atom stereocenters. The monoisotopic (exact) mass is 468 g/mol. The molecule has 2 aromatic carbocycles. The number of aromatic nitrogens is 2. The van der Waals surface area contributed by atoms with E-state index in [1.54, 1.807) is 12.1 Å². The second-order valence-electron chi connectivity index (χ2n) is 7.97. The van der Waals surface area contributed by atoms with Crippen LogP contribution < -0.4 is 4.90 Å². The highest BCUT2D eigenvalue weighted by atomic mass is 35.5. The van der Waals surface area contributed by atoms with E-state index in [1.807, 2.05) is 48.2 Å². The van der Waals surface area contributed by atoms with Crippen LogP contribution in [0.15, 0.2) is 48.5 Å². The van der Waals surface area contributed by atoms with Crippen molar-refractivity contribution in [2.45, 2.75) is 26.7 Å². The SMILES string of the molecule is CCc1nc(C)nc(N2CCN(C(=O)c3cccc(Cl)c3)CC2)c1Cc1ccc(Cl)cc1. The predicted octanol–water partition coefficient (Wildman–Crippen LogP) is 5.21. The summed E-state index contributed by atoms with van der Waals surface area (Å²) in [7, 11) is 0. The van der Waals surface area contributed by atoms with Gasteiger partial charge in [-0.15, -0.1) is 0 Å². The Morgan fingerprint density at radius 2 is 1.69 bits per heavy atom. The van der Waals surface area contributed by atoms with Gasteiger partial charge in [0, 0.05) is 59.5 Å². The highest BCUT2D eigenvalue weighted by Gasteiger charge is 2.26. The first-order valence-electron chi connectivity index (χ1n) is 10.8. The maximum atomic E-state index is 12.9. The first kappa shape index (κ1) is 22.6. The van der Waals surface area contributed by atoms with E-state index in [4.69, 9.17) is 33.2 Å². The lowest BCUT2D eigenvalue weighted by atomic mass is 10.0. The van der Waals surface area contributed by atoms with Gasteiger partial charge in [0.15, 0.2) is 0 Å². The summed E-state index contributed by atoms with van der Waals surface area (Å²) in [6.07, 6.45) is 1.59. The van der Waals surface area contributed by atoms with Gasteiger partial charge in [-0.3, -0.25) is 4.79 Å². The van der Waals surface area contributed by atoms with Crippen molar-refractivity contribution in [2.75, 3.05) is 31.1 Å². The van der Waals surface area contributed by atoms with Crippen LogP contribution in [0.25, 0.3) is 0 Å². The van der Waals surface area contributed by atoms with Crippen LogP contribution in [0.3, 0.4) is 0 Å². The number of nitrogens with zero attached hydrogens (tertiary/aromatic N) is 4. The van der Waals surface area contributed by atoms with Crippen LogP contribution in [0, 0.1) is 6.92 Å². The van der Waals surface area contributed by atoms with E-state index < -0.39 is 0 Å². The summed E-state index contributed by atoms with van der Waals surface area (Å²) in [5, 5.41) is 1.30. The summed E-state index contributed by atoms with van der Waals surface area (Å²) < 4.78 is 0. The average molecular weight is 469 g/mol. The minimum atomic E-state index is 0.0154. The van der Waals surface area contributed by atoms with E-state index in [0.29, 0.717) is 23.7 Å². The minimum Gasteiger partial charge on any atom is -0.353 e. The Balaban J connectivity index is 1.55. The van der Waals surface area contributed by atoms with Gasteiger partial charge in [0.05, 0.1) is 0 Å². The molecule has 1 saturated heterocycles. The third-order valence-electron chi connectivity index (χ3n) is 5.75. The molecule has 1 aliphatic rings. The molecule has 1 aromatic heterocycles. The maximum absolute atomic E-state index is 12.9. The quantitative estimate of drug-likeness (QED) is 0.515. The standard InChI is InChI=1S/C25H26Cl2N4O/c1-3-23-22(15-18-7-9-20(26)10-8-18)24(29-17(2)28-23)30-11-13-31(14-12-30)25(32)19-5-4-6-21(27)16-19/h4-10,16H,3,11-15H2,1-2H3. The number of anilines is 1. The Morgan fingerprint density at radius 1 is 0.969 bits per heavy atom. The van der Waals surface area contributed by atoms with Crippen molar-refractivity contribution in [1.29, 1.82) is 0 Å². The molecular weight excluding hydrogens is 443 g/mol. The van der Waals surface area contributed by atoms with Crippen LogP contribution in [0.1, 0.15) is 39.9 Å². The first-order chi connectivity index (χ1) is 15.4. The summed E-state index contributed by atoms with van der Waals surface area (Å²) in [6, 6.07) is 15.1. The summed E-state index contributed by atoms with van der Waals surface area (Å²) in [4.78, 5) is 26.6. The van der Waals surface area contributed by atoms with E-state index in [-0.39, 0.29) is 5.91 Å². The van der Waals surface area contributed by atoms with Gasteiger partial charge in [-0.05, 0) is 49.2 Å². The van der Waals surface area contributed by atoms with E-state index in [0.717, 1.165) is 53.9 Å². The van der Waals surface area contributed by atoms with E-state index in [1.165, 1.54) is 5.56 Å². The Hall–Kier alpha value is -2.63. The van der Waals surface area contributed by atoms with Gasteiger partial charge >= 0.3 is 0 Å². The van der Waals surface area contributed by atoms with Crippen LogP contribution in [0.4, 0.5) is 5.82 Å². The third-order valence-corrected chi connectivity index (χ3v) is 6.24. The molecule has 0 aliphatic carbocycles. The fourth-order valence-electron chi connectivity index (χ4n) is 4.10. The van der Waals surface area contributed by atoms with E-state index in [2.05, 4.69) is 11.8 Å². The first-order valence-corrected chi connectivity index (χ1v) is 11.6. The van der Waals surface area contributed by atoms with Gasteiger partial charge in [0.2, 0.25) is 0 Å². The summed E-state index contributed by atoms with van der Waals surface area (Å²) in [5.74, 6) is 1.76. The van der Waals surface area contributed by atoms with Crippen molar-refractivity contribution in [2.24, 2.45) is 0 Å². The molecule has 0 radical (unpaired) electrons. The van der Waals surface area contributed by atoms with Crippen molar-refractivity contribution in [3.63, 3.8) is 0 Å². The molecule has 0 spiro atoms. The molecule has 166 valence electrons. The van der Waals surface area contributed by atoms with Gasteiger partial charge < -0.3 is 9.80 Å². The number of rotatable bonds is 5. The topological polar surface area (TPSA) is 49.3 Å². The third kappa shape index (κ3) is 5.05. The second kappa shape index (κ2) is 9.88. The zero-order valence-corrected chi connectivity index (χ0v) is 19.8. The normalized spacial score (nSPS) is 14.0. The number of benzene rings is 2. The number of aryl methyl sites for hydroxylation is 2. The number of halogens is 2. The number of hydrogen-bond donors (Lipinski definition) is 0. The molecule has 0 N–H and O–H groups in total. The minimum absolute atomic E-state index is 0.0154. The van der Waals surface area contributed by atoms with Crippen molar-refractivity contribution in [1.82, 2.24) is 14.9 Å². The summed E-state index contributed by atoms with van der Waals surface area (Å²) >= 11 is 12.1. The maximum Gasteiger partial charge on any atom is 0.254 e. The Morgan fingerprint density at radius 3 is 2.34 bits per heavy atom. The van der Waals surface area contributed by atoms with Gasteiger partial charge in [-0.2, -0.15) is 0 Å². The Labute approximate surface area is 199 Å². The molecule has 5 nitrogen and oxygen atoms in total. The number of carbonyl (C=O) groups is 1. The largest absolute Gasteiger partial charge is 0.353 e. The fraction of sp³-hybridized carbons (Fsp3) is 0.320. The summed E-state index contributed by atoms with van der Waals surface area (Å²) in [6.45, 7) is 6.78. The number of piperazine rings is 1. The van der Waals surface area contributed by atoms with Crippen LogP contribution in [-0.4, -0.2) is 47.0 Å². The summed E-state index contributed by atoms with van der Waals surface area (Å²) in [5.41, 5.74) is 4.02. The van der Waals surface area contributed by atoms with Crippen LogP contribution in [-0.2, 0) is 12.8 Å². The molecule has 0 saturated carbocycles. The number of hydrogen-bond acceptors (Lipinski definition) is 4. The van der Waals surface area contributed by atoms with Crippen LogP contribution >= 0.6 is 23.2 Å². The zero-order valence-electron chi connectivity index (χ0n) is 18.3. The van der Waals surface area contributed by atoms with Gasteiger partial charge in [-0.1, -0.05) is 48.3 Å². The molecule has 1 fully saturated rings. The molecule has 1 aliphatic heterocycles. The highest BCUT2D eigenvalue weighted by Crippen LogP contribution is 2.27. The lowest BCUT2D eigenvalue weighted by molar-refractivity contribution is 0.0746. The highest BCUT2D eigenvalue weighted by molar-refractivity contribution is 6.31. The molecule has 2 heterocycles. The van der Waals surface area contributed by atoms with E-state index >= 15 is 0 Å². The Bertz CT molecular complexity index is 1110. The van der Waals surface area contributed by atoms with Crippen molar-refractivity contribution in [3.8, 4) is 0 Å². The second-order valence-corrected chi connectivity index (χ2v) is 8.84. The van der Waals surface area contributed by atoms with Crippen molar-refractivity contribution >= 4 is 34.9 Å². The van der Waals surface area contributed by atoms with E-state index in [9.17, 15) is 4.79 Å². The van der Waals surface area contributed by atoms with Crippen LogP contribution in [0.2, 0.25) is 10.0 Å². The molecule has 32 heavy (non-hydrogen) atoms. The van der Waals surface area contributed by atoms with Gasteiger partial charge in [-0.25, -0.2) is 9.97 Å². The Kier molecular flexibility index (Phi) is 6.97. The molecule has 0 bridgehead atoms. The van der Waals surface area contributed by atoms with Crippen molar-refractivity contribution < 1.29 is 4.79 Å². The molecule has 3 aromatic rings. The molecular formula is C25H26Cl2N4O. The smallest absolute Gasteiger partial charge is 0.254 e.